The Hall–Kier alpha value is -1.76. The molecule has 2 N–H and O–H groups in total. The first-order valence-electron chi connectivity index (χ1n) is 9.62. The third-order valence-electron chi connectivity index (χ3n) is 4.40. The molecule has 0 fully saturated rings. The second kappa shape index (κ2) is 11.8. The molecule has 0 aliphatic heterocycles. The molecule has 0 bridgehead atoms. The molecule has 0 heterocycles. The SMILES string of the molecule is CCNC(=NCCCCN(C)C(C)C)NCCc1ccc(C(F)(F)F)cc1. The van der Waals surface area contributed by atoms with Crippen LogP contribution in [0.1, 0.15) is 44.7 Å². The highest BCUT2D eigenvalue weighted by Gasteiger charge is 2.29. The largest absolute Gasteiger partial charge is 0.416 e. The summed E-state index contributed by atoms with van der Waals surface area (Å²) >= 11 is 0. The number of alkyl halides is 3. The summed E-state index contributed by atoms with van der Waals surface area (Å²) in [4.78, 5) is 6.88. The van der Waals surface area contributed by atoms with Crippen molar-refractivity contribution in [3.8, 4) is 0 Å². The summed E-state index contributed by atoms with van der Waals surface area (Å²) in [5, 5.41) is 6.43. The Bertz CT molecular complexity index is 553. The van der Waals surface area contributed by atoms with Crippen LogP contribution in [0, 0.1) is 0 Å². The predicted molar refractivity (Wildman–Crippen MR) is 106 cm³/mol. The zero-order valence-corrected chi connectivity index (χ0v) is 16.9. The molecule has 4 nitrogen and oxygen atoms in total. The molecular formula is C20H33F3N4. The van der Waals surface area contributed by atoms with Gasteiger partial charge in [-0.2, -0.15) is 13.2 Å². The summed E-state index contributed by atoms with van der Waals surface area (Å²) in [7, 11) is 2.13. The highest BCUT2D eigenvalue weighted by atomic mass is 19.4. The van der Waals surface area contributed by atoms with Gasteiger partial charge in [0.2, 0.25) is 0 Å². The molecule has 0 atom stereocenters. The molecule has 1 aromatic rings. The molecule has 0 aromatic heterocycles. The minimum absolute atomic E-state index is 0.553. The van der Waals surface area contributed by atoms with Gasteiger partial charge in [0.05, 0.1) is 5.56 Å². The summed E-state index contributed by atoms with van der Waals surface area (Å²) in [6.45, 7) is 9.57. The number of aliphatic imine (C=N–C) groups is 1. The molecule has 0 amide bonds. The standard InChI is InChI=1S/C20H33F3N4/c1-5-24-19(25-13-6-7-15-27(4)16(2)3)26-14-12-17-8-10-18(11-9-17)20(21,22)23/h8-11,16H,5-7,12-15H2,1-4H3,(H2,24,25,26). The lowest BCUT2D eigenvalue weighted by Crippen LogP contribution is -2.38. The fourth-order valence-corrected chi connectivity index (χ4v) is 2.45. The zero-order valence-electron chi connectivity index (χ0n) is 16.9. The lowest BCUT2D eigenvalue weighted by molar-refractivity contribution is -0.137. The van der Waals surface area contributed by atoms with Crippen LogP contribution >= 0.6 is 0 Å². The van der Waals surface area contributed by atoms with E-state index in [0.717, 1.165) is 56.1 Å². The summed E-state index contributed by atoms with van der Waals surface area (Å²) < 4.78 is 37.7. The molecule has 0 aliphatic rings. The smallest absolute Gasteiger partial charge is 0.357 e. The molecular weight excluding hydrogens is 353 g/mol. The number of nitrogens with one attached hydrogen (secondary N) is 2. The monoisotopic (exact) mass is 386 g/mol. The van der Waals surface area contributed by atoms with Gasteiger partial charge in [-0.1, -0.05) is 12.1 Å². The third-order valence-corrected chi connectivity index (χ3v) is 4.40. The van der Waals surface area contributed by atoms with Crippen LogP contribution in [0.5, 0.6) is 0 Å². The Balaban J connectivity index is 2.37. The zero-order chi connectivity index (χ0) is 20.3. The highest BCUT2D eigenvalue weighted by molar-refractivity contribution is 5.79. The second-order valence-corrected chi connectivity index (χ2v) is 6.91. The number of hydrogen-bond donors (Lipinski definition) is 2. The van der Waals surface area contributed by atoms with E-state index in [2.05, 4.69) is 41.4 Å². The topological polar surface area (TPSA) is 39.7 Å². The Kier molecular flexibility index (Phi) is 10.2. The van der Waals surface area contributed by atoms with E-state index in [1.54, 1.807) is 0 Å². The Labute approximate surface area is 161 Å². The van der Waals surface area contributed by atoms with Crippen LogP contribution in [0.25, 0.3) is 0 Å². The van der Waals surface area contributed by atoms with Crippen molar-refractivity contribution in [2.75, 3.05) is 33.2 Å². The van der Waals surface area contributed by atoms with Gasteiger partial charge in [0, 0.05) is 25.7 Å². The third kappa shape index (κ3) is 9.65. The van der Waals surface area contributed by atoms with E-state index < -0.39 is 11.7 Å². The molecule has 7 heteroatoms. The van der Waals surface area contributed by atoms with Crippen LogP contribution < -0.4 is 10.6 Å². The summed E-state index contributed by atoms with van der Waals surface area (Å²) in [5.74, 6) is 0.752. The lowest BCUT2D eigenvalue weighted by Gasteiger charge is -2.20. The fourth-order valence-electron chi connectivity index (χ4n) is 2.45. The first-order valence-corrected chi connectivity index (χ1v) is 9.62. The van der Waals surface area contributed by atoms with Crippen molar-refractivity contribution in [3.63, 3.8) is 0 Å². The molecule has 154 valence electrons. The van der Waals surface area contributed by atoms with Crippen molar-refractivity contribution in [1.82, 2.24) is 15.5 Å². The van der Waals surface area contributed by atoms with Crippen LogP contribution in [0.3, 0.4) is 0 Å². The highest BCUT2D eigenvalue weighted by Crippen LogP contribution is 2.29. The van der Waals surface area contributed by atoms with E-state index in [1.165, 1.54) is 12.1 Å². The average Bonchev–Trinajstić information content (AvgIpc) is 2.60. The van der Waals surface area contributed by atoms with Gasteiger partial charge in [-0.05, 0) is 71.3 Å². The van der Waals surface area contributed by atoms with Crippen LogP contribution in [0.15, 0.2) is 29.3 Å². The van der Waals surface area contributed by atoms with Crippen molar-refractivity contribution < 1.29 is 13.2 Å². The number of unbranched alkanes of at least 4 members (excludes halogenated alkanes) is 1. The number of halogens is 3. The van der Waals surface area contributed by atoms with Gasteiger partial charge in [0.15, 0.2) is 5.96 Å². The first kappa shape index (κ1) is 23.3. The average molecular weight is 387 g/mol. The molecule has 0 saturated carbocycles. The van der Waals surface area contributed by atoms with Crippen molar-refractivity contribution in [2.24, 2.45) is 4.99 Å². The first-order chi connectivity index (χ1) is 12.7. The minimum atomic E-state index is -4.29. The maximum Gasteiger partial charge on any atom is 0.416 e. The maximum atomic E-state index is 12.6. The number of nitrogens with zero attached hydrogens (tertiary/aromatic N) is 2. The van der Waals surface area contributed by atoms with Gasteiger partial charge >= 0.3 is 6.18 Å². The molecule has 0 unspecified atom stereocenters. The van der Waals surface area contributed by atoms with Gasteiger partial charge in [-0.15, -0.1) is 0 Å². The summed E-state index contributed by atoms with van der Waals surface area (Å²) in [5.41, 5.74) is 0.250. The number of rotatable bonds is 10. The van der Waals surface area contributed by atoms with Crippen LogP contribution in [-0.2, 0) is 12.6 Å². The maximum absolute atomic E-state index is 12.6. The Morgan fingerprint density at radius 3 is 2.33 bits per heavy atom. The van der Waals surface area contributed by atoms with Crippen molar-refractivity contribution in [2.45, 2.75) is 52.3 Å². The van der Waals surface area contributed by atoms with E-state index >= 15 is 0 Å². The normalized spacial score (nSPS) is 12.7. The number of benzene rings is 1. The molecule has 0 spiro atoms. The van der Waals surface area contributed by atoms with Gasteiger partial charge in [0.25, 0.3) is 0 Å². The van der Waals surface area contributed by atoms with Crippen molar-refractivity contribution in [1.29, 1.82) is 0 Å². The Morgan fingerprint density at radius 1 is 1.11 bits per heavy atom. The van der Waals surface area contributed by atoms with Gasteiger partial charge in [-0.3, -0.25) is 4.99 Å². The molecule has 1 aromatic carbocycles. The van der Waals surface area contributed by atoms with E-state index in [4.69, 9.17) is 0 Å². The predicted octanol–water partition coefficient (Wildman–Crippen LogP) is 3.92. The van der Waals surface area contributed by atoms with Gasteiger partial charge < -0.3 is 15.5 Å². The number of guanidine groups is 1. The Morgan fingerprint density at radius 2 is 1.78 bits per heavy atom. The summed E-state index contributed by atoms with van der Waals surface area (Å²) in [6, 6.07) is 5.86. The van der Waals surface area contributed by atoms with E-state index in [0.29, 0.717) is 19.0 Å². The minimum Gasteiger partial charge on any atom is -0.357 e. The molecule has 0 aliphatic carbocycles. The van der Waals surface area contributed by atoms with Crippen LogP contribution in [0.2, 0.25) is 0 Å². The second-order valence-electron chi connectivity index (χ2n) is 6.91. The molecule has 0 radical (unpaired) electrons. The van der Waals surface area contributed by atoms with Gasteiger partial charge in [0.1, 0.15) is 0 Å². The summed E-state index contributed by atoms with van der Waals surface area (Å²) in [6.07, 6.45) is -1.52. The van der Waals surface area contributed by atoms with Crippen LogP contribution in [-0.4, -0.2) is 50.1 Å². The lowest BCUT2D eigenvalue weighted by atomic mass is 10.1. The molecule has 27 heavy (non-hydrogen) atoms. The van der Waals surface area contributed by atoms with Crippen molar-refractivity contribution >= 4 is 5.96 Å². The van der Waals surface area contributed by atoms with Gasteiger partial charge in [-0.25, -0.2) is 0 Å². The van der Waals surface area contributed by atoms with Crippen molar-refractivity contribution in [3.05, 3.63) is 35.4 Å². The van der Waals surface area contributed by atoms with E-state index in [-0.39, 0.29) is 0 Å². The van der Waals surface area contributed by atoms with E-state index in [1.807, 2.05) is 6.92 Å². The molecule has 0 saturated heterocycles. The quantitative estimate of drug-likeness (QED) is 0.364. The van der Waals surface area contributed by atoms with Crippen LogP contribution in [0.4, 0.5) is 13.2 Å². The fraction of sp³-hybridized carbons (Fsp3) is 0.650. The number of hydrogen-bond acceptors (Lipinski definition) is 2. The van der Waals surface area contributed by atoms with E-state index in [9.17, 15) is 13.2 Å². The molecule has 1 rings (SSSR count).